The van der Waals surface area contributed by atoms with E-state index in [-0.39, 0.29) is 23.2 Å². The van der Waals surface area contributed by atoms with Crippen LogP contribution in [0.25, 0.3) is 0 Å². The third-order valence-corrected chi connectivity index (χ3v) is 9.51. The van der Waals surface area contributed by atoms with Gasteiger partial charge in [-0.1, -0.05) is 32.9 Å². The van der Waals surface area contributed by atoms with Crippen LogP contribution in [0.2, 0.25) is 18.1 Å². The molecular formula is C19H37NO3Si. The van der Waals surface area contributed by atoms with E-state index in [2.05, 4.69) is 39.9 Å². The van der Waals surface area contributed by atoms with Gasteiger partial charge in [-0.15, -0.1) is 0 Å². The first-order valence-electron chi connectivity index (χ1n) is 9.06. The number of nitrogens with zero attached hydrogens (tertiary/aromatic N) is 1. The molecule has 0 radical (unpaired) electrons. The van der Waals surface area contributed by atoms with Gasteiger partial charge in [0.05, 0.1) is 18.7 Å². The lowest BCUT2D eigenvalue weighted by Gasteiger charge is -2.38. The molecule has 0 unspecified atom stereocenters. The van der Waals surface area contributed by atoms with Gasteiger partial charge in [0.1, 0.15) is 5.60 Å². The average Bonchev–Trinajstić information content (AvgIpc) is 2.76. The number of ether oxygens (including phenoxy) is 1. The van der Waals surface area contributed by atoms with Crippen molar-refractivity contribution in [1.29, 1.82) is 0 Å². The van der Waals surface area contributed by atoms with Crippen LogP contribution in [0.1, 0.15) is 61.3 Å². The second kappa shape index (κ2) is 7.61. The molecule has 0 bridgehead atoms. The van der Waals surface area contributed by atoms with Gasteiger partial charge in [0, 0.05) is 0 Å². The molecule has 0 N–H and O–H groups in total. The lowest BCUT2D eigenvalue weighted by atomic mass is 10.2. The Labute approximate surface area is 149 Å². The SMILES string of the molecule is CC=C[C@@H]1CC[C@@H](CO[Si](C)(C)C(C)(C)C)N1C(=O)OC(C)(C)C. The monoisotopic (exact) mass is 355 g/mol. The molecule has 1 saturated heterocycles. The lowest BCUT2D eigenvalue weighted by Crippen LogP contribution is -2.48. The highest BCUT2D eigenvalue weighted by atomic mass is 28.4. The minimum atomic E-state index is -1.82. The maximum absolute atomic E-state index is 12.7. The average molecular weight is 356 g/mol. The van der Waals surface area contributed by atoms with E-state index in [1.54, 1.807) is 0 Å². The van der Waals surface area contributed by atoms with Gasteiger partial charge in [-0.3, -0.25) is 4.90 Å². The van der Waals surface area contributed by atoms with Crippen LogP contribution in [-0.4, -0.2) is 43.6 Å². The Morgan fingerprint density at radius 2 is 1.75 bits per heavy atom. The van der Waals surface area contributed by atoms with Crippen molar-refractivity contribution in [3.05, 3.63) is 12.2 Å². The van der Waals surface area contributed by atoms with Crippen molar-refractivity contribution in [3.8, 4) is 0 Å². The molecule has 24 heavy (non-hydrogen) atoms. The van der Waals surface area contributed by atoms with Gasteiger partial charge in [0.25, 0.3) is 0 Å². The van der Waals surface area contributed by atoms with E-state index in [1.165, 1.54) is 0 Å². The maximum atomic E-state index is 12.7. The number of carbonyl (C=O) groups excluding carboxylic acids is 1. The normalized spacial score (nSPS) is 23.1. The summed E-state index contributed by atoms with van der Waals surface area (Å²) in [5.41, 5.74) is -0.481. The zero-order valence-electron chi connectivity index (χ0n) is 17.1. The van der Waals surface area contributed by atoms with Crippen molar-refractivity contribution in [3.63, 3.8) is 0 Å². The molecule has 1 rings (SSSR count). The molecule has 1 fully saturated rings. The topological polar surface area (TPSA) is 38.8 Å². The first-order chi connectivity index (χ1) is 10.8. The van der Waals surface area contributed by atoms with Gasteiger partial charge in [-0.05, 0) is 58.7 Å². The van der Waals surface area contributed by atoms with Crippen molar-refractivity contribution in [1.82, 2.24) is 4.90 Å². The molecule has 0 spiro atoms. The highest BCUT2D eigenvalue weighted by Gasteiger charge is 2.42. The molecule has 4 nitrogen and oxygen atoms in total. The predicted molar refractivity (Wildman–Crippen MR) is 103 cm³/mol. The van der Waals surface area contributed by atoms with E-state index in [0.29, 0.717) is 6.61 Å². The zero-order chi connectivity index (χ0) is 18.8. The number of allylic oxidation sites excluding steroid dienone is 1. The molecule has 0 saturated carbocycles. The summed E-state index contributed by atoms with van der Waals surface area (Å²) < 4.78 is 12.0. The summed E-state index contributed by atoms with van der Waals surface area (Å²) >= 11 is 0. The Hall–Kier alpha value is -0.813. The molecule has 1 aliphatic rings. The maximum Gasteiger partial charge on any atom is 0.411 e. The Kier molecular flexibility index (Phi) is 6.73. The first kappa shape index (κ1) is 21.2. The number of rotatable bonds is 4. The number of hydrogen-bond donors (Lipinski definition) is 0. The molecule has 0 aromatic rings. The second-order valence-corrected chi connectivity index (χ2v) is 14.1. The summed E-state index contributed by atoms with van der Waals surface area (Å²) in [5.74, 6) is 0. The van der Waals surface area contributed by atoms with E-state index in [1.807, 2.05) is 38.7 Å². The molecule has 5 heteroatoms. The predicted octanol–water partition coefficient (Wildman–Crippen LogP) is 5.35. The molecule has 0 aromatic carbocycles. The van der Waals surface area contributed by atoms with Crippen LogP contribution in [0.3, 0.4) is 0 Å². The highest BCUT2D eigenvalue weighted by Crippen LogP contribution is 2.37. The van der Waals surface area contributed by atoms with Gasteiger partial charge < -0.3 is 9.16 Å². The van der Waals surface area contributed by atoms with Crippen molar-refractivity contribution >= 4 is 14.4 Å². The molecule has 2 atom stereocenters. The van der Waals surface area contributed by atoms with Crippen molar-refractivity contribution in [2.75, 3.05) is 6.61 Å². The Morgan fingerprint density at radius 3 is 2.21 bits per heavy atom. The minimum Gasteiger partial charge on any atom is -0.444 e. The third kappa shape index (κ3) is 5.62. The van der Waals surface area contributed by atoms with Crippen molar-refractivity contribution < 1.29 is 14.0 Å². The minimum absolute atomic E-state index is 0.0928. The molecule has 0 aliphatic carbocycles. The fraction of sp³-hybridized carbons (Fsp3) is 0.842. The van der Waals surface area contributed by atoms with Gasteiger partial charge in [-0.2, -0.15) is 0 Å². The van der Waals surface area contributed by atoms with Crippen LogP contribution in [0, 0.1) is 0 Å². The van der Waals surface area contributed by atoms with Crippen molar-refractivity contribution in [2.45, 2.75) is 97.1 Å². The van der Waals surface area contributed by atoms with E-state index >= 15 is 0 Å². The molecule has 1 heterocycles. The van der Waals surface area contributed by atoms with Crippen LogP contribution in [-0.2, 0) is 9.16 Å². The summed E-state index contributed by atoms with van der Waals surface area (Å²) in [7, 11) is -1.82. The summed E-state index contributed by atoms with van der Waals surface area (Å²) in [6, 6.07) is 0.202. The summed E-state index contributed by atoms with van der Waals surface area (Å²) in [6.45, 7) is 19.5. The Balaban J connectivity index is 2.86. The summed E-state index contributed by atoms with van der Waals surface area (Å²) in [4.78, 5) is 14.6. The Bertz CT molecular complexity index is 460. The van der Waals surface area contributed by atoms with Gasteiger partial charge in [0.15, 0.2) is 8.32 Å². The van der Waals surface area contributed by atoms with E-state index < -0.39 is 13.9 Å². The zero-order valence-corrected chi connectivity index (χ0v) is 18.1. The van der Waals surface area contributed by atoms with Crippen LogP contribution in [0.5, 0.6) is 0 Å². The number of likely N-dealkylation sites (tertiary alicyclic amines) is 1. The van der Waals surface area contributed by atoms with Crippen LogP contribution in [0.4, 0.5) is 4.79 Å². The third-order valence-electron chi connectivity index (χ3n) is 5.01. The van der Waals surface area contributed by atoms with Crippen LogP contribution < -0.4 is 0 Å². The van der Waals surface area contributed by atoms with E-state index in [0.717, 1.165) is 12.8 Å². The van der Waals surface area contributed by atoms with Gasteiger partial charge >= 0.3 is 6.09 Å². The standard InChI is InChI=1S/C19H37NO3Si/c1-10-11-15-12-13-16(14-22-24(8,9)19(5,6)7)20(15)17(21)23-18(2,3)4/h10-11,15-16H,12-14H2,1-9H3/t15-,16+/m1/s1. The van der Waals surface area contributed by atoms with Crippen LogP contribution >= 0.6 is 0 Å². The van der Waals surface area contributed by atoms with E-state index in [9.17, 15) is 4.79 Å². The smallest absolute Gasteiger partial charge is 0.411 e. The summed E-state index contributed by atoms with van der Waals surface area (Å²) in [6.07, 6.45) is 5.81. The van der Waals surface area contributed by atoms with Gasteiger partial charge in [0.2, 0.25) is 0 Å². The number of carbonyl (C=O) groups is 1. The van der Waals surface area contributed by atoms with Crippen molar-refractivity contribution in [2.24, 2.45) is 0 Å². The summed E-state index contributed by atoms with van der Waals surface area (Å²) in [5, 5.41) is 0.172. The number of amides is 1. The fourth-order valence-corrected chi connectivity index (χ4v) is 3.65. The lowest BCUT2D eigenvalue weighted by molar-refractivity contribution is 0.0132. The van der Waals surface area contributed by atoms with Gasteiger partial charge in [-0.25, -0.2) is 4.79 Å². The highest BCUT2D eigenvalue weighted by molar-refractivity contribution is 6.74. The molecular weight excluding hydrogens is 318 g/mol. The molecule has 140 valence electrons. The molecule has 1 aliphatic heterocycles. The second-order valence-electron chi connectivity index (χ2n) is 9.28. The van der Waals surface area contributed by atoms with Crippen LogP contribution in [0.15, 0.2) is 12.2 Å². The Morgan fingerprint density at radius 1 is 1.17 bits per heavy atom. The fourth-order valence-electron chi connectivity index (χ4n) is 2.61. The first-order valence-corrected chi connectivity index (χ1v) is 12.0. The molecule has 0 aromatic heterocycles. The number of hydrogen-bond acceptors (Lipinski definition) is 3. The molecule has 1 amide bonds. The van der Waals surface area contributed by atoms with E-state index in [4.69, 9.17) is 9.16 Å². The largest absolute Gasteiger partial charge is 0.444 e. The quantitative estimate of drug-likeness (QED) is 0.504.